The van der Waals surface area contributed by atoms with Crippen molar-refractivity contribution in [1.29, 1.82) is 0 Å². The maximum Gasteiger partial charge on any atom is 0.250 e. The summed E-state index contributed by atoms with van der Waals surface area (Å²) < 4.78 is 1.54. The minimum absolute atomic E-state index is 0.0886. The first-order valence-electron chi connectivity index (χ1n) is 6.98. The van der Waals surface area contributed by atoms with Crippen molar-refractivity contribution >= 4 is 10.8 Å². The summed E-state index contributed by atoms with van der Waals surface area (Å²) in [7, 11) is 0. The number of fused-ring (bicyclic) bond motifs is 1. The molecule has 106 valence electrons. The first-order chi connectivity index (χ1) is 10.1. The van der Waals surface area contributed by atoms with Gasteiger partial charge < -0.3 is 9.67 Å². The zero-order valence-electron chi connectivity index (χ0n) is 11.9. The van der Waals surface area contributed by atoms with Crippen LogP contribution in [0.5, 0.6) is 0 Å². The number of hydrogen-bond donors (Lipinski definition) is 1. The topological polar surface area (TPSA) is 42.2 Å². The smallest absolute Gasteiger partial charge is 0.250 e. The highest BCUT2D eigenvalue weighted by molar-refractivity contribution is 5.85. The van der Waals surface area contributed by atoms with Crippen LogP contribution in [0.3, 0.4) is 0 Å². The Bertz CT molecular complexity index is 830. The third kappa shape index (κ3) is 2.73. The quantitative estimate of drug-likeness (QED) is 0.800. The molecule has 1 atom stereocenters. The van der Waals surface area contributed by atoms with E-state index in [1.165, 1.54) is 0 Å². The van der Waals surface area contributed by atoms with Gasteiger partial charge in [-0.25, -0.2) is 0 Å². The molecule has 2 aromatic carbocycles. The Balaban J connectivity index is 1.97. The van der Waals surface area contributed by atoms with E-state index in [9.17, 15) is 9.90 Å². The van der Waals surface area contributed by atoms with Crippen LogP contribution in [0.15, 0.2) is 65.6 Å². The summed E-state index contributed by atoms with van der Waals surface area (Å²) in [5.74, 6) is 0. The number of benzene rings is 2. The average molecular weight is 279 g/mol. The van der Waals surface area contributed by atoms with E-state index in [0.29, 0.717) is 0 Å². The molecular formula is C18H17NO2. The lowest BCUT2D eigenvalue weighted by molar-refractivity contribution is 0.156. The predicted molar refractivity (Wildman–Crippen MR) is 84.3 cm³/mol. The molecule has 0 aliphatic heterocycles. The lowest BCUT2D eigenvalue weighted by Gasteiger charge is -2.15. The first-order valence-corrected chi connectivity index (χ1v) is 6.98. The molecule has 0 fully saturated rings. The van der Waals surface area contributed by atoms with Crippen LogP contribution in [0.1, 0.15) is 17.2 Å². The minimum atomic E-state index is -0.712. The second kappa shape index (κ2) is 5.54. The van der Waals surface area contributed by atoms with Gasteiger partial charge in [-0.05, 0) is 34.9 Å². The van der Waals surface area contributed by atoms with E-state index >= 15 is 0 Å². The van der Waals surface area contributed by atoms with Gasteiger partial charge in [0.25, 0.3) is 5.56 Å². The molecule has 3 heteroatoms. The van der Waals surface area contributed by atoms with E-state index in [2.05, 4.69) is 0 Å². The van der Waals surface area contributed by atoms with Gasteiger partial charge in [0.15, 0.2) is 0 Å². The molecule has 0 aliphatic rings. The summed E-state index contributed by atoms with van der Waals surface area (Å²) in [6.45, 7) is 2.14. The largest absolute Gasteiger partial charge is 0.387 e. The number of hydrogen-bond acceptors (Lipinski definition) is 2. The summed E-state index contributed by atoms with van der Waals surface area (Å²) in [6.07, 6.45) is 1.02. The van der Waals surface area contributed by atoms with Crippen molar-refractivity contribution < 1.29 is 5.11 Å². The van der Waals surface area contributed by atoms with Crippen molar-refractivity contribution in [3.05, 3.63) is 82.3 Å². The second-order valence-corrected chi connectivity index (χ2v) is 5.28. The summed E-state index contributed by atoms with van der Waals surface area (Å²) in [5, 5.41) is 12.6. The van der Waals surface area contributed by atoms with E-state index in [1.54, 1.807) is 16.8 Å². The Labute approximate surface area is 123 Å². The lowest BCUT2D eigenvalue weighted by Crippen LogP contribution is -2.22. The van der Waals surface area contributed by atoms with Crippen molar-refractivity contribution in [3.63, 3.8) is 0 Å². The molecule has 0 bridgehead atoms. The van der Waals surface area contributed by atoms with Gasteiger partial charge in [-0.1, -0.05) is 42.5 Å². The molecule has 1 aromatic heterocycles. The van der Waals surface area contributed by atoms with Crippen LogP contribution in [0, 0.1) is 6.92 Å². The molecule has 3 nitrogen and oxygen atoms in total. The van der Waals surface area contributed by atoms with E-state index in [-0.39, 0.29) is 12.1 Å². The number of aliphatic hydroxyl groups is 1. The predicted octanol–water partition coefficient (Wildman–Crippen LogP) is 3.04. The van der Waals surface area contributed by atoms with Gasteiger partial charge in [-0.3, -0.25) is 4.79 Å². The molecule has 3 rings (SSSR count). The molecule has 3 aromatic rings. The van der Waals surface area contributed by atoms with Crippen molar-refractivity contribution in [1.82, 2.24) is 4.57 Å². The minimum Gasteiger partial charge on any atom is -0.387 e. The number of nitrogens with zero attached hydrogens (tertiary/aromatic N) is 1. The third-order valence-corrected chi connectivity index (χ3v) is 3.70. The molecular weight excluding hydrogens is 262 g/mol. The normalized spacial score (nSPS) is 12.5. The van der Waals surface area contributed by atoms with E-state index in [1.807, 2.05) is 55.5 Å². The van der Waals surface area contributed by atoms with Crippen LogP contribution in [-0.2, 0) is 6.54 Å². The van der Waals surface area contributed by atoms with Crippen LogP contribution < -0.4 is 5.56 Å². The van der Waals surface area contributed by atoms with Gasteiger partial charge >= 0.3 is 0 Å². The van der Waals surface area contributed by atoms with E-state index < -0.39 is 6.10 Å². The fourth-order valence-electron chi connectivity index (χ4n) is 2.58. The Morgan fingerprint density at radius 1 is 1.10 bits per heavy atom. The van der Waals surface area contributed by atoms with E-state index in [0.717, 1.165) is 21.9 Å². The van der Waals surface area contributed by atoms with E-state index in [4.69, 9.17) is 0 Å². The molecule has 0 saturated carbocycles. The Kier molecular flexibility index (Phi) is 3.59. The molecule has 0 amide bonds. The van der Waals surface area contributed by atoms with Crippen molar-refractivity contribution in [2.75, 3.05) is 0 Å². The number of rotatable bonds is 3. The van der Waals surface area contributed by atoms with Crippen LogP contribution in [0.4, 0.5) is 0 Å². The molecule has 0 aliphatic carbocycles. The number of pyridine rings is 1. The van der Waals surface area contributed by atoms with Gasteiger partial charge in [0.1, 0.15) is 0 Å². The van der Waals surface area contributed by atoms with Gasteiger partial charge in [0.05, 0.1) is 12.6 Å². The molecule has 1 N–H and O–H groups in total. The second-order valence-electron chi connectivity index (χ2n) is 5.28. The maximum atomic E-state index is 11.9. The standard InChI is InChI=1S/C18H17NO2/c1-13-9-10-19(18(21)11-13)12-17(20)16-8-4-6-14-5-2-3-7-15(14)16/h2-11,17,20H,12H2,1H3. The Morgan fingerprint density at radius 3 is 2.67 bits per heavy atom. The third-order valence-electron chi connectivity index (χ3n) is 3.70. The van der Waals surface area contributed by atoms with Gasteiger partial charge in [0.2, 0.25) is 0 Å². The average Bonchev–Trinajstić information content (AvgIpc) is 2.49. The summed E-state index contributed by atoms with van der Waals surface area (Å²) in [5.41, 5.74) is 1.69. The Hall–Kier alpha value is -2.39. The zero-order chi connectivity index (χ0) is 14.8. The molecule has 1 heterocycles. The van der Waals surface area contributed by atoms with Crippen LogP contribution in [0.2, 0.25) is 0 Å². The van der Waals surface area contributed by atoms with Crippen molar-refractivity contribution in [2.24, 2.45) is 0 Å². The highest BCUT2D eigenvalue weighted by atomic mass is 16.3. The highest BCUT2D eigenvalue weighted by Gasteiger charge is 2.12. The first kappa shape index (κ1) is 13.6. The fourth-order valence-corrected chi connectivity index (χ4v) is 2.58. The van der Waals surface area contributed by atoms with Gasteiger partial charge in [0, 0.05) is 12.3 Å². The molecule has 1 unspecified atom stereocenters. The highest BCUT2D eigenvalue weighted by Crippen LogP contribution is 2.24. The number of aryl methyl sites for hydroxylation is 1. The van der Waals surface area contributed by atoms with Gasteiger partial charge in [-0.2, -0.15) is 0 Å². The number of aromatic nitrogens is 1. The van der Waals surface area contributed by atoms with Crippen LogP contribution >= 0.6 is 0 Å². The van der Waals surface area contributed by atoms with Crippen LogP contribution in [-0.4, -0.2) is 9.67 Å². The van der Waals surface area contributed by atoms with Gasteiger partial charge in [-0.15, -0.1) is 0 Å². The molecule has 0 radical (unpaired) electrons. The molecule has 0 spiro atoms. The fraction of sp³-hybridized carbons (Fsp3) is 0.167. The van der Waals surface area contributed by atoms with Crippen molar-refractivity contribution in [2.45, 2.75) is 19.6 Å². The summed E-state index contributed by atoms with van der Waals surface area (Å²) >= 11 is 0. The molecule has 0 saturated heterocycles. The van der Waals surface area contributed by atoms with Crippen molar-refractivity contribution in [3.8, 4) is 0 Å². The number of aliphatic hydroxyl groups excluding tert-OH is 1. The monoisotopic (exact) mass is 279 g/mol. The summed E-state index contributed by atoms with van der Waals surface area (Å²) in [6, 6.07) is 17.2. The lowest BCUT2D eigenvalue weighted by atomic mass is 10.0. The summed E-state index contributed by atoms with van der Waals surface area (Å²) in [4.78, 5) is 11.9. The SMILES string of the molecule is Cc1ccn(CC(O)c2cccc3ccccc23)c(=O)c1. The van der Waals surface area contributed by atoms with Crippen LogP contribution in [0.25, 0.3) is 10.8 Å². The Morgan fingerprint density at radius 2 is 1.86 bits per heavy atom. The molecule has 21 heavy (non-hydrogen) atoms. The zero-order valence-corrected chi connectivity index (χ0v) is 11.9. The maximum absolute atomic E-state index is 11.9.